The largest absolute Gasteiger partial charge is 0.372 e. The average Bonchev–Trinajstić information content (AvgIpc) is 2.69. The zero-order valence-electron chi connectivity index (χ0n) is 17.7. The van der Waals surface area contributed by atoms with Crippen LogP contribution >= 0.6 is 23.5 Å². The molecule has 0 aliphatic carbocycles. The molecule has 0 unspecified atom stereocenters. The van der Waals surface area contributed by atoms with Crippen molar-refractivity contribution in [1.29, 1.82) is 0 Å². The third-order valence-corrected chi connectivity index (χ3v) is 6.97. The highest BCUT2D eigenvalue weighted by Crippen LogP contribution is 2.50. The molecule has 2 rings (SSSR count). The molecule has 29 heavy (non-hydrogen) atoms. The van der Waals surface area contributed by atoms with Crippen LogP contribution in [0.3, 0.4) is 0 Å². The number of nitrogens with zero attached hydrogens (tertiary/aromatic N) is 3. The third-order valence-electron chi connectivity index (χ3n) is 4.38. The molecule has 158 valence electrons. The van der Waals surface area contributed by atoms with Gasteiger partial charge in [0.1, 0.15) is 5.69 Å². The molecule has 0 amide bonds. The number of azo groups is 1. The molecule has 2 aromatic carbocycles. The highest BCUT2D eigenvalue weighted by Gasteiger charge is 2.31. The van der Waals surface area contributed by atoms with E-state index in [1.165, 1.54) is 0 Å². The van der Waals surface area contributed by atoms with Crippen molar-refractivity contribution in [3.63, 3.8) is 0 Å². The standard InChI is InChI=1S/C21H29BrN3O3P/c1-6-25(7-2)19-12-10-18(11-13-19)23-24-21-16(5)14-17(22)15-20(21)29(26,27-8-3)28-9-4/h10-15H,6-9H2,1-5H3. The highest BCUT2D eigenvalue weighted by molar-refractivity contribution is 9.10. The molecule has 0 fully saturated rings. The molecule has 8 heteroatoms. The van der Waals surface area contributed by atoms with Crippen LogP contribution in [0.25, 0.3) is 0 Å². The Balaban J connectivity index is 2.43. The lowest BCUT2D eigenvalue weighted by Crippen LogP contribution is -2.21. The van der Waals surface area contributed by atoms with E-state index in [4.69, 9.17) is 9.05 Å². The lowest BCUT2D eigenvalue weighted by atomic mass is 10.2. The summed E-state index contributed by atoms with van der Waals surface area (Å²) in [6.45, 7) is 12.2. The average molecular weight is 482 g/mol. The lowest BCUT2D eigenvalue weighted by Gasteiger charge is -2.20. The predicted octanol–water partition coefficient (Wildman–Crippen LogP) is 6.91. The fourth-order valence-electron chi connectivity index (χ4n) is 3.00. The Morgan fingerprint density at radius 2 is 1.55 bits per heavy atom. The van der Waals surface area contributed by atoms with Gasteiger partial charge in [0.25, 0.3) is 0 Å². The maximum absolute atomic E-state index is 13.4. The Bertz CT molecular complexity index is 873. The van der Waals surface area contributed by atoms with Crippen LogP contribution < -0.4 is 10.2 Å². The first-order valence-corrected chi connectivity index (χ1v) is 12.2. The summed E-state index contributed by atoms with van der Waals surface area (Å²) in [5.74, 6) is 0. The smallest absolute Gasteiger partial charge is 0.363 e. The summed E-state index contributed by atoms with van der Waals surface area (Å²) in [6.07, 6.45) is 0. The second kappa shape index (κ2) is 11.0. The summed E-state index contributed by atoms with van der Waals surface area (Å²) in [7, 11) is -3.50. The van der Waals surface area contributed by atoms with Crippen molar-refractivity contribution < 1.29 is 13.6 Å². The van der Waals surface area contributed by atoms with Gasteiger partial charge >= 0.3 is 7.60 Å². The summed E-state index contributed by atoms with van der Waals surface area (Å²) in [5, 5.41) is 9.21. The SMILES string of the molecule is CCOP(=O)(OCC)c1cc(Br)cc(C)c1N=Nc1ccc(N(CC)CC)cc1. The topological polar surface area (TPSA) is 63.5 Å². The van der Waals surface area contributed by atoms with Gasteiger partial charge in [0.05, 0.1) is 24.2 Å². The molecule has 0 spiro atoms. The molecular formula is C21H29BrN3O3P. The fraction of sp³-hybridized carbons (Fsp3) is 0.429. The van der Waals surface area contributed by atoms with Crippen molar-refractivity contribution in [1.82, 2.24) is 0 Å². The Morgan fingerprint density at radius 1 is 0.966 bits per heavy atom. The molecule has 0 bridgehead atoms. The first-order chi connectivity index (χ1) is 13.9. The number of rotatable bonds is 10. The van der Waals surface area contributed by atoms with Gasteiger partial charge in [-0.05, 0) is 76.6 Å². The van der Waals surface area contributed by atoms with E-state index in [1.807, 2.05) is 37.3 Å². The van der Waals surface area contributed by atoms with E-state index in [0.717, 1.165) is 34.5 Å². The number of anilines is 1. The van der Waals surface area contributed by atoms with Crippen molar-refractivity contribution in [3.8, 4) is 0 Å². The van der Waals surface area contributed by atoms with E-state index < -0.39 is 7.60 Å². The molecule has 0 N–H and O–H groups in total. The number of hydrogen-bond donors (Lipinski definition) is 0. The van der Waals surface area contributed by atoms with Crippen molar-refractivity contribution in [2.24, 2.45) is 10.2 Å². The van der Waals surface area contributed by atoms with Crippen molar-refractivity contribution in [2.75, 3.05) is 31.2 Å². The molecule has 0 aromatic heterocycles. The minimum Gasteiger partial charge on any atom is -0.372 e. The zero-order valence-corrected chi connectivity index (χ0v) is 20.2. The van der Waals surface area contributed by atoms with Crippen molar-refractivity contribution in [3.05, 3.63) is 46.4 Å². The molecule has 6 nitrogen and oxygen atoms in total. The van der Waals surface area contributed by atoms with Gasteiger partial charge in [0, 0.05) is 23.2 Å². The summed E-state index contributed by atoms with van der Waals surface area (Å²) < 4.78 is 25.2. The summed E-state index contributed by atoms with van der Waals surface area (Å²) in [6, 6.07) is 11.6. The van der Waals surface area contributed by atoms with E-state index >= 15 is 0 Å². The van der Waals surface area contributed by atoms with Gasteiger partial charge in [-0.1, -0.05) is 15.9 Å². The Kier molecular flexibility index (Phi) is 9.03. The highest BCUT2D eigenvalue weighted by atomic mass is 79.9. The van der Waals surface area contributed by atoms with Crippen LogP contribution in [0.2, 0.25) is 0 Å². The normalized spacial score (nSPS) is 11.9. The molecule has 0 saturated heterocycles. The minimum absolute atomic E-state index is 0.270. The van der Waals surface area contributed by atoms with Gasteiger partial charge in [-0.15, -0.1) is 5.11 Å². The first kappa shape index (κ1) is 23.7. The van der Waals surface area contributed by atoms with Crippen LogP contribution in [0.15, 0.2) is 51.1 Å². The summed E-state index contributed by atoms with van der Waals surface area (Å²) >= 11 is 3.46. The maximum Gasteiger partial charge on any atom is 0.363 e. The van der Waals surface area contributed by atoms with Crippen LogP contribution in [-0.2, 0) is 13.6 Å². The van der Waals surface area contributed by atoms with Crippen LogP contribution in [0.5, 0.6) is 0 Å². The second-order valence-corrected chi connectivity index (χ2v) is 9.22. The van der Waals surface area contributed by atoms with Crippen LogP contribution in [0.4, 0.5) is 17.1 Å². The van der Waals surface area contributed by atoms with Crippen molar-refractivity contribution in [2.45, 2.75) is 34.6 Å². The maximum atomic E-state index is 13.4. The summed E-state index contributed by atoms with van der Waals surface area (Å²) in [5.41, 5.74) is 3.20. The van der Waals surface area contributed by atoms with Gasteiger partial charge in [-0.2, -0.15) is 5.11 Å². The van der Waals surface area contributed by atoms with E-state index in [2.05, 4.69) is 44.9 Å². The van der Waals surface area contributed by atoms with E-state index in [-0.39, 0.29) is 13.2 Å². The molecular weight excluding hydrogens is 453 g/mol. The number of aryl methyl sites for hydroxylation is 1. The first-order valence-electron chi connectivity index (χ1n) is 9.85. The van der Waals surface area contributed by atoms with Gasteiger partial charge in [-0.25, -0.2) is 0 Å². The Morgan fingerprint density at radius 3 is 2.07 bits per heavy atom. The van der Waals surface area contributed by atoms with Gasteiger partial charge < -0.3 is 13.9 Å². The molecule has 0 atom stereocenters. The van der Waals surface area contributed by atoms with Gasteiger partial charge in [0.15, 0.2) is 0 Å². The molecule has 0 heterocycles. The molecule has 0 saturated carbocycles. The Hall–Kier alpha value is -1.53. The number of benzene rings is 2. The van der Waals surface area contributed by atoms with Crippen LogP contribution in [0, 0.1) is 6.92 Å². The number of halogens is 1. The molecule has 2 aromatic rings. The molecule has 0 aliphatic rings. The Labute approximate surface area is 182 Å². The molecule has 0 aliphatic heterocycles. The monoisotopic (exact) mass is 481 g/mol. The van der Waals surface area contributed by atoms with Crippen molar-refractivity contribution >= 4 is 45.9 Å². The van der Waals surface area contributed by atoms with E-state index in [9.17, 15) is 4.57 Å². The number of hydrogen-bond acceptors (Lipinski definition) is 6. The summed E-state index contributed by atoms with van der Waals surface area (Å²) in [4.78, 5) is 2.26. The van der Waals surface area contributed by atoms with E-state index in [0.29, 0.717) is 11.0 Å². The van der Waals surface area contributed by atoms with Crippen LogP contribution in [0.1, 0.15) is 33.3 Å². The minimum atomic E-state index is -3.50. The third kappa shape index (κ3) is 5.98. The zero-order chi connectivity index (χ0) is 21.4. The fourth-order valence-corrected chi connectivity index (χ4v) is 5.56. The quantitative estimate of drug-likeness (QED) is 0.273. The lowest BCUT2D eigenvalue weighted by molar-refractivity contribution is 0.230. The second-order valence-electron chi connectivity index (χ2n) is 6.31. The van der Waals surface area contributed by atoms with E-state index in [1.54, 1.807) is 19.9 Å². The predicted molar refractivity (Wildman–Crippen MR) is 124 cm³/mol. The van der Waals surface area contributed by atoms with Gasteiger partial charge in [-0.3, -0.25) is 4.57 Å². The molecule has 0 radical (unpaired) electrons. The van der Waals surface area contributed by atoms with Gasteiger partial charge in [0.2, 0.25) is 0 Å². The van der Waals surface area contributed by atoms with Crippen LogP contribution in [-0.4, -0.2) is 26.3 Å².